The number of rotatable bonds is 9. The summed E-state index contributed by atoms with van der Waals surface area (Å²) in [6.45, 7) is 5.60. The Morgan fingerprint density at radius 2 is 1.67 bits per heavy atom. The van der Waals surface area contributed by atoms with Gasteiger partial charge in [-0.05, 0) is 54.4 Å². The number of aryl methyl sites for hydroxylation is 1. The van der Waals surface area contributed by atoms with Crippen molar-refractivity contribution in [2.45, 2.75) is 11.8 Å². The molecule has 0 saturated carbocycles. The maximum absolute atomic E-state index is 12.6. The van der Waals surface area contributed by atoms with Crippen molar-refractivity contribution in [2.24, 2.45) is 0 Å². The molecule has 1 aliphatic heterocycles. The molecule has 1 aliphatic rings. The van der Waals surface area contributed by atoms with Gasteiger partial charge in [0.15, 0.2) is 6.61 Å². The number of nitrogens with one attached hydrogen (secondary N) is 1. The molecule has 0 radical (unpaired) electrons. The number of hydrogen-bond acceptors (Lipinski definition) is 5. The Morgan fingerprint density at radius 1 is 0.944 bits per heavy atom. The molecule has 36 heavy (non-hydrogen) atoms. The number of amides is 1. The number of sulfonamides is 1. The van der Waals surface area contributed by atoms with Gasteiger partial charge in [-0.1, -0.05) is 54.6 Å². The molecule has 0 aromatic heterocycles. The smallest absolute Gasteiger partial charge is 0.261 e. The van der Waals surface area contributed by atoms with E-state index in [1.807, 2.05) is 36.1 Å². The first kappa shape index (κ1) is 25.5. The van der Waals surface area contributed by atoms with E-state index < -0.39 is 10.0 Å². The van der Waals surface area contributed by atoms with Gasteiger partial charge in [-0.15, -0.1) is 0 Å². The van der Waals surface area contributed by atoms with Crippen LogP contribution >= 0.6 is 0 Å². The number of ether oxygens (including phenoxy) is 1. The highest BCUT2D eigenvalue weighted by Gasteiger charge is 2.21. The molecule has 1 heterocycles. The van der Waals surface area contributed by atoms with Crippen molar-refractivity contribution in [3.05, 3.63) is 96.1 Å². The molecule has 8 heteroatoms. The van der Waals surface area contributed by atoms with Crippen molar-refractivity contribution in [1.29, 1.82) is 0 Å². The number of anilines is 1. The van der Waals surface area contributed by atoms with E-state index in [-0.39, 0.29) is 17.4 Å². The Kier molecular flexibility index (Phi) is 8.40. The predicted octanol–water partition coefficient (Wildman–Crippen LogP) is 4.03. The lowest BCUT2D eigenvalue weighted by Crippen LogP contribution is -2.49. The average molecular weight is 506 g/mol. The summed E-state index contributed by atoms with van der Waals surface area (Å²) in [5.41, 5.74) is 2.65. The Bertz CT molecular complexity index is 1280. The first-order valence-corrected chi connectivity index (χ1v) is 13.4. The molecule has 0 aliphatic carbocycles. The molecule has 3 aromatic rings. The van der Waals surface area contributed by atoms with Gasteiger partial charge in [0.25, 0.3) is 15.9 Å². The van der Waals surface area contributed by atoms with Gasteiger partial charge in [-0.3, -0.25) is 14.4 Å². The molecular weight excluding hydrogens is 474 g/mol. The van der Waals surface area contributed by atoms with Crippen LogP contribution in [0.3, 0.4) is 0 Å². The Labute approximate surface area is 213 Å². The van der Waals surface area contributed by atoms with Gasteiger partial charge in [0, 0.05) is 38.4 Å². The second kappa shape index (κ2) is 11.9. The van der Waals surface area contributed by atoms with Crippen LogP contribution < -0.4 is 9.46 Å². The van der Waals surface area contributed by atoms with Crippen LogP contribution in [0.25, 0.3) is 6.08 Å². The molecule has 7 nitrogen and oxygen atoms in total. The summed E-state index contributed by atoms with van der Waals surface area (Å²) in [5, 5.41) is 0. The van der Waals surface area contributed by atoms with Crippen LogP contribution in [0.15, 0.2) is 89.8 Å². The second-order valence-electron chi connectivity index (χ2n) is 8.73. The summed E-state index contributed by atoms with van der Waals surface area (Å²) in [6.07, 6.45) is 4.26. The minimum atomic E-state index is -3.71. The van der Waals surface area contributed by atoms with Crippen LogP contribution in [0.4, 0.5) is 5.69 Å². The highest BCUT2D eigenvalue weighted by molar-refractivity contribution is 7.92. The number of carbonyl (C=O) groups is 1. The first-order chi connectivity index (χ1) is 17.4. The summed E-state index contributed by atoms with van der Waals surface area (Å²) in [5.74, 6) is 0.370. The standard InChI is InChI=1S/C28H31N3O4S/c1-23-7-5-11-25(21-23)29-36(33,34)27-14-12-26(13-15-27)35-22-28(32)31-19-17-30(18-20-31)16-6-10-24-8-3-2-4-9-24/h2-15,21,29H,16-20,22H2,1H3/b10-6+. The molecule has 0 unspecified atom stereocenters. The van der Waals surface area contributed by atoms with E-state index >= 15 is 0 Å². The zero-order valence-electron chi connectivity index (χ0n) is 20.3. The maximum atomic E-state index is 12.6. The largest absolute Gasteiger partial charge is 0.484 e. The van der Waals surface area contributed by atoms with Crippen LogP contribution in [0, 0.1) is 6.92 Å². The molecule has 1 N–H and O–H groups in total. The lowest BCUT2D eigenvalue weighted by atomic mass is 10.2. The number of carbonyl (C=O) groups excluding carboxylic acids is 1. The summed E-state index contributed by atoms with van der Waals surface area (Å²) < 4.78 is 33.5. The molecule has 0 atom stereocenters. The van der Waals surface area contributed by atoms with Gasteiger partial charge in [0.05, 0.1) is 4.90 Å². The van der Waals surface area contributed by atoms with Crippen molar-refractivity contribution >= 4 is 27.7 Å². The number of hydrogen-bond donors (Lipinski definition) is 1. The molecular formula is C28H31N3O4S. The number of piperazine rings is 1. The van der Waals surface area contributed by atoms with E-state index in [1.54, 1.807) is 30.3 Å². The van der Waals surface area contributed by atoms with Crippen LogP contribution in [0.2, 0.25) is 0 Å². The van der Waals surface area contributed by atoms with E-state index in [4.69, 9.17) is 4.74 Å². The highest BCUT2D eigenvalue weighted by atomic mass is 32.2. The van der Waals surface area contributed by atoms with Crippen LogP contribution in [-0.4, -0.2) is 63.5 Å². The molecule has 1 saturated heterocycles. The monoisotopic (exact) mass is 505 g/mol. The molecule has 1 amide bonds. The molecule has 4 rings (SSSR count). The third-order valence-corrected chi connectivity index (χ3v) is 7.36. The Morgan fingerprint density at radius 3 is 2.36 bits per heavy atom. The van der Waals surface area contributed by atoms with E-state index in [0.29, 0.717) is 24.5 Å². The van der Waals surface area contributed by atoms with Crippen LogP contribution in [-0.2, 0) is 14.8 Å². The summed E-state index contributed by atoms with van der Waals surface area (Å²) in [7, 11) is -3.71. The van der Waals surface area contributed by atoms with Gasteiger partial charge in [-0.2, -0.15) is 0 Å². The quantitative estimate of drug-likeness (QED) is 0.475. The lowest BCUT2D eigenvalue weighted by Gasteiger charge is -2.34. The van der Waals surface area contributed by atoms with Crippen LogP contribution in [0.1, 0.15) is 11.1 Å². The SMILES string of the molecule is Cc1cccc(NS(=O)(=O)c2ccc(OCC(=O)N3CCN(C/C=C/c4ccccc4)CC3)cc2)c1. The lowest BCUT2D eigenvalue weighted by molar-refractivity contribution is -0.135. The Hall–Kier alpha value is -3.62. The van der Waals surface area contributed by atoms with Crippen LogP contribution in [0.5, 0.6) is 5.75 Å². The fourth-order valence-electron chi connectivity index (χ4n) is 3.96. The third-order valence-electron chi connectivity index (χ3n) is 5.97. The van der Waals surface area contributed by atoms with Crippen molar-refractivity contribution in [2.75, 3.05) is 44.1 Å². The minimum Gasteiger partial charge on any atom is -0.484 e. The maximum Gasteiger partial charge on any atom is 0.261 e. The van der Waals surface area contributed by atoms with Gasteiger partial charge in [-0.25, -0.2) is 8.42 Å². The van der Waals surface area contributed by atoms with Crippen molar-refractivity contribution in [3.63, 3.8) is 0 Å². The zero-order valence-corrected chi connectivity index (χ0v) is 21.2. The summed E-state index contributed by atoms with van der Waals surface area (Å²) in [4.78, 5) is 16.8. The minimum absolute atomic E-state index is 0.0766. The predicted molar refractivity (Wildman–Crippen MR) is 142 cm³/mol. The Balaban J connectivity index is 1.21. The average Bonchev–Trinajstić information content (AvgIpc) is 2.88. The number of benzene rings is 3. The number of nitrogens with zero attached hydrogens (tertiary/aromatic N) is 2. The summed E-state index contributed by atoms with van der Waals surface area (Å²) >= 11 is 0. The molecule has 0 bridgehead atoms. The topological polar surface area (TPSA) is 78.9 Å². The zero-order chi connectivity index (χ0) is 25.4. The normalized spacial score (nSPS) is 14.6. The van der Waals surface area contributed by atoms with Gasteiger partial charge >= 0.3 is 0 Å². The first-order valence-electron chi connectivity index (χ1n) is 11.9. The summed E-state index contributed by atoms with van der Waals surface area (Å²) in [6, 6.07) is 23.4. The van der Waals surface area contributed by atoms with Crippen molar-refractivity contribution in [3.8, 4) is 5.75 Å². The van der Waals surface area contributed by atoms with E-state index in [9.17, 15) is 13.2 Å². The third kappa shape index (κ3) is 7.19. The van der Waals surface area contributed by atoms with E-state index in [0.717, 1.165) is 25.2 Å². The van der Waals surface area contributed by atoms with Crippen molar-refractivity contribution in [1.82, 2.24) is 9.80 Å². The fourth-order valence-corrected chi connectivity index (χ4v) is 5.01. The molecule has 188 valence electrons. The van der Waals surface area contributed by atoms with Gasteiger partial charge in [0.1, 0.15) is 5.75 Å². The van der Waals surface area contributed by atoms with Gasteiger partial charge < -0.3 is 9.64 Å². The highest BCUT2D eigenvalue weighted by Crippen LogP contribution is 2.20. The van der Waals surface area contributed by atoms with E-state index in [1.165, 1.54) is 17.7 Å². The van der Waals surface area contributed by atoms with Gasteiger partial charge in [0.2, 0.25) is 0 Å². The second-order valence-corrected chi connectivity index (χ2v) is 10.4. The molecule has 0 spiro atoms. The molecule has 3 aromatic carbocycles. The fraction of sp³-hybridized carbons (Fsp3) is 0.250. The van der Waals surface area contributed by atoms with E-state index in [2.05, 4.69) is 33.9 Å². The van der Waals surface area contributed by atoms with Crippen molar-refractivity contribution < 1.29 is 17.9 Å². The molecule has 1 fully saturated rings.